The Balaban J connectivity index is 4.05. The zero-order valence-electron chi connectivity index (χ0n) is 42.7. The molecule has 9 unspecified atom stereocenters. The van der Waals surface area contributed by atoms with Crippen LogP contribution in [-0.2, 0) is 19.0 Å². The fourth-order valence-electron chi connectivity index (χ4n) is 9.08. The fourth-order valence-corrected chi connectivity index (χ4v) is 9.08. The maximum atomic E-state index is 11.5. The van der Waals surface area contributed by atoms with E-state index in [1.807, 2.05) is 0 Å². The van der Waals surface area contributed by atoms with Crippen molar-refractivity contribution in [2.24, 2.45) is 59.2 Å². The van der Waals surface area contributed by atoms with E-state index in [1.54, 1.807) is 0 Å². The van der Waals surface area contributed by atoms with Crippen molar-refractivity contribution in [3.8, 4) is 0 Å². The van der Waals surface area contributed by atoms with E-state index >= 15 is 0 Å². The van der Waals surface area contributed by atoms with Crippen molar-refractivity contribution in [1.29, 1.82) is 0 Å². The predicted octanol–water partition coefficient (Wildman–Crippen LogP) is 17.5. The molecule has 0 aromatic rings. The molecule has 0 bridgehead atoms. The number of esters is 1. The summed E-state index contributed by atoms with van der Waals surface area (Å²) >= 11 is 0. The number of ether oxygens (including phenoxy) is 3. The normalized spacial score (nSPS) is 16.8. The summed E-state index contributed by atoms with van der Waals surface area (Å²) in [5, 5.41) is 0. The molecule has 0 N–H and O–H groups in total. The van der Waals surface area contributed by atoms with Gasteiger partial charge in [0.25, 0.3) is 0 Å². The molecule has 9 atom stereocenters. The van der Waals surface area contributed by atoms with Crippen LogP contribution >= 0.6 is 0 Å². The Kier molecular flexibility index (Phi) is 38.6. The van der Waals surface area contributed by atoms with Gasteiger partial charge in [0, 0.05) is 20.1 Å². The summed E-state index contributed by atoms with van der Waals surface area (Å²) in [5.74, 6) is 7.97. The van der Waals surface area contributed by atoms with Crippen LogP contribution in [0.25, 0.3) is 0 Å². The predicted molar refractivity (Wildman–Crippen MR) is 260 cm³/mol. The number of hydrogen-bond acceptors (Lipinski definition) is 4. The van der Waals surface area contributed by atoms with Gasteiger partial charge in [0.15, 0.2) is 0 Å². The second kappa shape index (κ2) is 39.0. The number of rotatable bonds is 43. The molecule has 0 amide bonds. The van der Waals surface area contributed by atoms with Gasteiger partial charge in [-0.1, -0.05) is 237 Å². The highest BCUT2D eigenvalue weighted by atomic mass is 16.6. The lowest BCUT2D eigenvalue weighted by Crippen LogP contribution is -2.28. The average Bonchev–Trinajstić information content (AvgIpc) is 3.14. The Morgan fingerprint density at radius 1 is 0.339 bits per heavy atom. The quantitative estimate of drug-likeness (QED) is 0.0453. The molecular weight excluding hydrogens is 725 g/mol. The summed E-state index contributed by atoms with van der Waals surface area (Å²) in [6.07, 6.45) is 35.0. The molecule has 0 rings (SSSR count). The average molecular weight is 835 g/mol. The van der Waals surface area contributed by atoms with E-state index in [2.05, 4.69) is 83.1 Å². The van der Waals surface area contributed by atoms with Gasteiger partial charge < -0.3 is 14.2 Å². The van der Waals surface area contributed by atoms with Gasteiger partial charge in [-0.15, -0.1) is 0 Å². The van der Waals surface area contributed by atoms with E-state index in [9.17, 15) is 4.79 Å². The highest BCUT2D eigenvalue weighted by Gasteiger charge is 2.15. The topological polar surface area (TPSA) is 44.8 Å². The minimum Gasteiger partial charge on any atom is -0.463 e. The molecule has 0 aliphatic carbocycles. The molecule has 0 fully saturated rings. The summed E-state index contributed by atoms with van der Waals surface area (Å²) in [7, 11) is 0. The summed E-state index contributed by atoms with van der Waals surface area (Å²) < 4.78 is 17.7. The van der Waals surface area contributed by atoms with Crippen molar-refractivity contribution >= 4 is 5.97 Å². The molecule has 0 aromatic heterocycles. The van der Waals surface area contributed by atoms with Crippen LogP contribution in [0.5, 0.6) is 0 Å². The van der Waals surface area contributed by atoms with Crippen LogP contribution in [0.2, 0.25) is 0 Å². The first-order valence-corrected chi connectivity index (χ1v) is 26.4. The minimum atomic E-state index is -0.252. The van der Waals surface area contributed by atoms with Crippen LogP contribution in [0.4, 0.5) is 0 Å². The second-order valence-corrected chi connectivity index (χ2v) is 22.0. The molecule has 0 aliphatic heterocycles. The molecule has 0 aliphatic rings. The first-order valence-electron chi connectivity index (χ1n) is 26.4. The first-order chi connectivity index (χ1) is 28.1. The van der Waals surface area contributed by atoms with E-state index in [4.69, 9.17) is 14.2 Å². The van der Waals surface area contributed by atoms with E-state index in [0.717, 1.165) is 66.8 Å². The minimum absolute atomic E-state index is 0.186. The standard InChI is InChI=1S/C55H110O4/c1-44(2)22-14-24-46(5)26-16-28-48(7)30-18-32-50(9)34-20-36-52(11)38-40-57-42-55(43-59-54(13)56)58-41-39-53(12)37-21-35-51(10)33-19-31-49(8)29-17-27-47(6)25-15-23-45(3)4/h44-53,55H,14-43H2,1-13H3. The van der Waals surface area contributed by atoms with Gasteiger partial charge in [0.2, 0.25) is 0 Å². The lowest BCUT2D eigenvalue weighted by Gasteiger charge is -2.20. The lowest BCUT2D eigenvalue weighted by atomic mass is 9.90. The molecule has 0 spiro atoms. The molecule has 4 heteroatoms. The second-order valence-electron chi connectivity index (χ2n) is 22.0. The van der Waals surface area contributed by atoms with E-state index in [-0.39, 0.29) is 18.7 Å². The Morgan fingerprint density at radius 3 is 0.864 bits per heavy atom. The van der Waals surface area contributed by atoms with Crippen molar-refractivity contribution in [3.63, 3.8) is 0 Å². The van der Waals surface area contributed by atoms with Crippen LogP contribution in [0.1, 0.15) is 257 Å². The third-order valence-corrected chi connectivity index (χ3v) is 13.8. The molecule has 59 heavy (non-hydrogen) atoms. The zero-order chi connectivity index (χ0) is 44.3. The molecule has 0 saturated heterocycles. The van der Waals surface area contributed by atoms with Gasteiger partial charge in [0.05, 0.1) is 6.61 Å². The smallest absolute Gasteiger partial charge is 0.302 e. The van der Waals surface area contributed by atoms with Crippen molar-refractivity contribution < 1.29 is 19.0 Å². The van der Waals surface area contributed by atoms with Crippen LogP contribution in [0.15, 0.2) is 0 Å². The van der Waals surface area contributed by atoms with E-state index in [0.29, 0.717) is 25.0 Å². The van der Waals surface area contributed by atoms with Gasteiger partial charge in [0.1, 0.15) is 12.7 Å². The van der Waals surface area contributed by atoms with E-state index in [1.165, 1.54) is 161 Å². The van der Waals surface area contributed by atoms with Gasteiger partial charge in [-0.25, -0.2) is 0 Å². The van der Waals surface area contributed by atoms with Gasteiger partial charge in [-0.2, -0.15) is 0 Å². The number of carbonyl (C=O) groups excluding carboxylic acids is 1. The molecule has 0 aromatic carbocycles. The summed E-state index contributed by atoms with van der Waals surface area (Å²) in [6, 6.07) is 0. The van der Waals surface area contributed by atoms with Gasteiger partial charge in [-0.05, 0) is 72.0 Å². The zero-order valence-corrected chi connectivity index (χ0v) is 42.7. The summed E-state index contributed by atoms with van der Waals surface area (Å²) in [5.41, 5.74) is 0. The van der Waals surface area contributed by atoms with Crippen molar-refractivity contribution in [2.75, 3.05) is 26.4 Å². The van der Waals surface area contributed by atoms with Crippen LogP contribution in [-0.4, -0.2) is 38.5 Å². The van der Waals surface area contributed by atoms with Crippen LogP contribution < -0.4 is 0 Å². The highest BCUT2D eigenvalue weighted by Crippen LogP contribution is 2.26. The summed E-state index contributed by atoms with van der Waals surface area (Å²) in [6.45, 7) is 32.6. The van der Waals surface area contributed by atoms with Crippen LogP contribution in [0, 0.1) is 59.2 Å². The maximum Gasteiger partial charge on any atom is 0.302 e. The Bertz CT molecular complexity index is 902. The monoisotopic (exact) mass is 835 g/mol. The maximum absolute atomic E-state index is 11.5. The molecule has 0 radical (unpaired) electrons. The molecule has 0 saturated carbocycles. The Hall–Kier alpha value is -0.610. The van der Waals surface area contributed by atoms with Crippen molar-refractivity contribution in [2.45, 2.75) is 263 Å². The SMILES string of the molecule is CC(=O)OCC(COCCC(C)CCCC(C)CCCC(C)CCCC(C)CCCC(C)C)OCCC(C)CCCC(C)CCCC(C)CCCC(C)CCCC(C)C. The van der Waals surface area contributed by atoms with E-state index < -0.39 is 0 Å². The highest BCUT2D eigenvalue weighted by molar-refractivity contribution is 5.65. The first kappa shape index (κ1) is 58.4. The summed E-state index contributed by atoms with van der Waals surface area (Å²) in [4.78, 5) is 11.5. The Labute approximate surface area is 372 Å². The molecule has 354 valence electrons. The van der Waals surface area contributed by atoms with Gasteiger partial charge in [-0.3, -0.25) is 4.79 Å². The largest absolute Gasteiger partial charge is 0.463 e. The van der Waals surface area contributed by atoms with Crippen molar-refractivity contribution in [1.82, 2.24) is 0 Å². The molecular formula is C55H110O4. The number of hydrogen-bond donors (Lipinski definition) is 0. The fraction of sp³-hybridized carbons (Fsp3) is 0.982. The van der Waals surface area contributed by atoms with Gasteiger partial charge >= 0.3 is 5.97 Å². The molecule has 4 nitrogen and oxygen atoms in total. The lowest BCUT2D eigenvalue weighted by molar-refractivity contribution is -0.147. The number of carbonyl (C=O) groups is 1. The molecule has 0 heterocycles. The van der Waals surface area contributed by atoms with Crippen LogP contribution in [0.3, 0.4) is 0 Å². The Morgan fingerprint density at radius 2 is 0.593 bits per heavy atom. The van der Waals surface area contributed by atoms with Crippen molar-refractivity contribution in [3.05, 3.63) is 0 Å². The third kappa shape index (κ3) is 41.2. The third-order valence-electron chi connectivity index (χ3n) is 13.8.